The van der Waals surface area contributed by atoms with E-state index in [1.165, 1.54) is 22.0 Å². The molecule has 2 aliphatic heterocycles. The van der Waals surface area contributed by atoms with E-state index in [-0.39, 0.29) is 6.04 Å². The van der Waals surface area contributed by atoms with Gasteiger partial charge in [0.1, 0.15) is 5.82 Å². The normalized spacial score (nSPS) is 18.7. The predicted octanol–water partition coefficient (Wildman–Crippen LogP) is 3.28. The third kappa shape index (κ3) is 3.94. The molecular formula is C25H28N6O. The molecule has 3 aromatic rings. The Balaban J connectivity index is 1.50. The van der Waals surface area contributed by atoms with Gasteiger partial charge in [-0.05, 0) is 30.8 Å². The number of aromatic nitrogens is 2. The van der Waals surface area contributed by atoms with E-state index in [4.69, 9.17) is 14.7 Å². The van der Waals surface area contributed by atoms with Crippen LogP contribution < -0.4 is 19.9 Å². The molecule has 5 rings (SSSR count). The summed E-state index contributed by atoms with van der Waals surface area (Å²) in [5.41, 5.74) is 3.47. The van der Waals surface area contributed by atoms with E-state index in [1.807, 2.05) is 0 Å². The standard InChI is InChI=1S/C25H28N6O/c1-32-25-28-22-17-30(23-9-4-7-18-6-2-3-8-20(18)23)15-11-21(22)24(29-25)31-14-5-13-27-19(16-31)10-12-26/h2-4,6-9,19,27H,5,10-11,13-17H2,1H3. The summed E-state index contributed by atoms with van der Waals surface area (Å²) >= 11 is 0. The first kappa shape index (κ1) is 20.5. The third-order valence-electron chi connectivity index (χ3n) is 6.43. The van der Waals surface area contributed by atoms with E-state index in [1.54, 1.807) is 7.11 Å². The highest BCUT2D eigenvalue weighted by molar-refractivity contribution is 5.94. The van der Waals surface area contributed by atoms with Crippen LogP contribution in [-0.2, 0) is 13.0 Å². The van der Waals surface area contributed by atoms with Crippen molar-refractivity contribution in [2.75, 3.05) is 43.1 Å². The van der Waals surface area contributed by atoms with E-state index < -0.39 is 0 Å². The van der Waals surface area contributed by atoms with Crippen LogP contribution in [0.15, 0.2) is 42.5 Å². The summed E-state index contributed by atoms with van der Waals surface area (Å²) < 4.78 is 5.49. The number of hydrogen-bond acceptors (Lipinski definition) is 7. The van der Waals surface area contributed by atoms with Gasteiger partial charge in [-0.1, -0.05) is 36.4 Å². The second-order valence-electron chi connectivity index (χ2n) is 8.44. The molecule has 3 heterocycles. The summed E-state index contributed by atoms with van der Waals surface area (Å²) in [5.74, 6) is 0.969. The Morgan fingerprint density at radius 1 is 1.12 bits per heavy atom. The Hall–Kier alpha value is -3.37. The van der Waals surface area contributed by atoms with Crippen LogP contribution in [0.5, 0.6) is 6.01 Å². The highest BCUT2D eigenvalue weighted by Crippen LogP contribution is 2.34. The van der Waals surface area contributed by atoms with Crippen LogP contribution in [0.25, 0.3) is 10.8 Å². The summed E-state index contributed by atoms with van der Waals surface area (Å²) in [6, 6.07) is 17.9. The van der Waals surface area contributed by atoms with Gasteiger partial charge < -0.3 is 19.9 Å². The fraction of sp³-hybridized carbons (Fsp3) is 0.400. The van der Waals surface area contributed by atoms with Crippen molar-refractivity contribution in [2.24, 2.45) is 0 Å². The van der Waals surface area contributed by atoms with Crippen LogP contribution in [-0.4, -0.2) is 49.3 Å². The molecule has 1 unspecified atom stereocenters. The van der Waals surface area contributed by atoms with Gasteiger partial charge in [0.25, 0.3) is 0 Å². The summed E-state index contributed by atoms with van der Waals surface area (Å²) in [6.45, 7) is 4.24. The number of nitriles is 1. The highest BCUT2D eigenvalue weighted by atomic mass is 16.5. The van der Waals surface area contributed by atoms with E-state index in [0.29, 0.717) is 12.4 Å². The van der Waals surface area contributed by atoms with Gasteiger partial charge in [0.15, 0.2) is 0 Å². The van der Waals surface area contributed by atoms with E-state index >= 15 is 0 Å². The molecule has 7 heteroatoms. The zero-order valence-corrected chi connectivity index (χ0v) is 18.4. The number of rotatable bonds is 4. The average Bonchev–Trinajstić information content (AvgIpc) is 3.08. The minimum absolute atomic E-state index is 0.148. The molecule has 0 bridgehead atoms. The Morgan fingerprint density at radius 2 is 2.00 bits per heavy atom. The van der Waals surface area contributed by atoms with Gasteiger partial charge in [-0.3, -0.25) is 0 Å². The number of nitrogens with one attached hydrogen (secondary N) is 1. The molecule has 0 amide bonds. The monoisotopic (exact) mass is 428 g/mol. The minimum Gasteiger partial charge on any atom is -0.467 e. The summed E-state index contributed by atoms with van der Waals surface area (Å²) in [4.78, 5) is 14.3. The first-order valence-electron chi connectivity index (χ1n) is 11.3. The number of ether oxygens (including phenoxy) is 1. The van der Waals surface area contributed by atoms with Gasteiger partial charge >= 0.3 is 6.01 Å². The molecule has 164 valence electrons. The van der Waals surface area contributed by atoms with E-state index in [9.17, 15) is 5.26 Å². The van der Waals surface area contributed by atoms with Crippen molar-refractivity contribution in [1.82, 2.24) is 15.3 Å². The van der Waals surface area contributed by atoms with Crippen molar-refractivity contribution in [3.05, 3.63) is 53.7 Å². The van der Waals surface area contributed by atoms with Gasteiger partial charge in [-0.25, -0.2) is 0 Å². The number of hydrogen-bond donors (Lipinski definition) is 1. The molecule has 2 aromatic carbocycles. The van der Waals surface area contributed by atoms with Gasteiger partial charge in [0.05, 0.1) is 31.8 Å². The maximum atomic E-state index is 9.19. The minimum atomic E-state index is 0.148. The number of nitrogens with zero attached hydrogens (tertiary/aromatic N) is 5. The van der Waals surface area contributed by atoms with Gasteiger partial charge in [0.2, 0.25) is 0 Å². The molecular weight excluding hydrogens is 400 g/mol. The van der Waals surface area contributed by atoms with Crippen LogP contribution in [0.4, 0.5) is 11.5 Å². The summed E-state index contributed by atoms with van der Waals surface area (Å²) in [7, 11) is 1.62. The summed E-state index contributed by atoms with van der Waals surface area (Å²) in [5, 5.41) is 15.2. The fourth-order valence-electron chi connectivity index (χ4n) is 4.87. The molecule has 0 radical (unpaired) electrons. The van der Waals surface area contributed by atoms with Gasteiger partial charge in [-0.2, -0.15) is 15.2 Å². The highest BCUT2D eigenvalue weighted by Gasteiger charge is 2.28. The maximum Gasteiger partial charge on any atom is 0.318 e. The summed E-state index contributed by atoms with van der Waals surface area (Å²) in [6.07, 6.45) is 2.39. The lowest BCUT2D eigenvalue weighted by Crippen LogP contribution is -2.39. The van der Waals surface area contributed by atoms with Crippen molar-refractivity contribution in [1.29, 1.82) is 5.26 Å². The quantitative estimate of drug-likeness (QED) is 0.683. The largest absolute Gasteiger partial charge is 0.467 e. The lowest BCUT2D eigenvalue weighted by molar-refractivity contribution is 0.376. The van der Waals surface area contributed by atoms with Crippen molar-refractivity contribution < 1.29 is 4.74 Å². The van der Waals surface area contributed by atoms with Crippen molar-refractivity contribution in [2.45, 2.75) is 31.8 Å². The van der Waals surface area contributed by atoms with Gasteiger partial charge in [-0.15, -0.1) is 0 Å². The molecule has 1 N–H and O–H groups in total. The van der Waals surface area contributed by atoms with Crippen molar-refractivity contribution in [3.63, 3.8) is 0 Å². The lowest BCUT2D eigenvalue weighted by Gasteiger charge is -2.34. The van der Waals surface area contributed by atoms with E-state index in [0.717, 1.165) is 57.1 Å². The molecule has 1 fully saturated rings. The number of fused-ring (bicyclic) bond motifs is 2. The number of methoxy groups -OCH3 is 1. The number of benzene rings is 2. The zero-order valence-electron chi connectivity index (χ0n) is 18.4. The van der Waals surface area contributed by atoms with Crippen molar-refractivity contribution >= 4 is 22.3 Å². The molecule has 7 nitrogen and oxygen atoms in total. The topological polar surface area (TPSA) is 77.3 Å². The average molecular weight is 429 g/mol. The molecule has 0 aliphatic carbocycles. The first-order valence-corrected chi connectivity index (χ1v) is 11.3. The molecule has 32 heavy (non-hydrogen) atoms. The molecule has 0 spiro atoms. The van der Waals surface area contributed by atoms with Crippen molar-refractivity contribution in [3.8, 4) is 12.1 Å². The molecule has 2 aliphatic rings. The molecule has 1 atom stereocenters. The van der Waals surface area contributed by atoms with Crippen LogP contribution in [0.2, 0.25) is 0 Å². The second kappa shape index (κ2) is 9.01. The first-order chi connectivity index (χ1) is 15.8. The van der Waals surface area contributed by atoms with E-state index in [2.05, 4.69) is 63.7 Å². The van der Waals surface area contributed by atoms with Crippen LogP contribution in [0.1, 0.15) is 24.1 Å². The molecule has 1 aromatic heterocycles. The van der Waals surface area contributed by atoms with Crippen LogP contribution >= 0.6 is 0 Å². The Morgan fingerprint density at radius 3 is 2.88 bits per heavy atom. The maximum absolute atomic E-state index is 9.19. The third-order valence-corrected chi connectivity index (χ3v) is 6.43. The lowest BCUT2D eigenvalue weighted by atomic mass is 10.0. The second-order valence-corrected chi connectivity index (χ2v) is 8.44. The number of anilines is 2. The Labute approximate surface area is 188 Å². The molecule has 1 saturated heterocycles. The van der Waals surface area contributed by atoms with Gasteiger partial charge in [0, 0.05) is 42.3 Å². The smallest absolute Gasteiger partial charge is 0.318 e. The molecule has 0 saturated carbocycles. The fourth-order valence-corrected chi connectivity index (χ4v) is 4.87. The zero-order chi connectivity index (χ0) is 21.9. The Kier molecular flexibility index (Phi) is 5.78. The van der Waals surface area contributed by atoms with Crippen LogP contribution in [0.3, 0.4) is 0 Å². The predicted molar refractivity (Wildman–Crippen MR) is 126 cm³/mol. The Bertz CT molecular complexity index is 1150. The SMILES string of the molecule is COc1nc2c(c(N3CCCNC(CC#N)C3)n1)CCN(c1cccc3ccccc13)C2. The van der Waals surface area contributed by atoms with Crippen LogP contribution in [0, 0.1) is 11.3 Å².